The van der Waals surface area contributed by atoms with Crippen molar-refractivity contribution in [3.05, 3.63) is 90.0 Å². The Hall–Kier alpha value is -2.87. The molecule has 3 aromatic rings. The van der Waals surface area contributed by atoms with Gasteiger partial charge in [0.15, 0.2) is 5.78 Å². The van der Waals surface area contributed by atoms with Crippen LogP contribution in [0.25, 0.3) is 0 Å². The van der Waals surface area contributed by atoms with E-state index >= 15 is 0 Å². The van der Waals surface area contributed by atoms with Crippen LogP contribution in [0.2, 0.25) is 0 Å². The highest BCUT2D eigenvalue weighted by Gasteiger charge is 2.13. The maximum absolute atomic E-state index is 12.2. The molecule has 0 heterocycles. The Morgan fingerprint density at radius 2 is 1.31 bits per heavy atom. The van der Waals surface area contributed by atoms with Crippen LogP contribution in [0.15, 0.2) is 78.9 Å². The number of nitrogens with zero attached hydrogens (tertiary/aromatic N) is 1. The molecule has 0 N–H and O–H groups in total. The minimum atomic E-state index is 0.222. The first-order valence-electron chi connectivity index (χ1n) is 9.24. The molecule has 0 saturated carbocycles. The van der Waals surface area contributed by atoms with Gasteiger partial charge in [0.2, 0.25) is 0 Å². The van der Waals surface area contributed by atoms with Crippen molar-refractivity contribution >= 4 is 22.8 Å². The molecule has 0 spiro atoms. The second kappa shape index (κ2) is 8.48. The smallest absolute Gasteiger partial charge is 0.162 e. The van der Waals surface area contributed by atoms with E-state index < -0.39 is 0 Å². The summed E-state index contributed by atoms with van der Waals surface area (Å²) in [5.41, 5.74) is 5.28. The SMILES string of the molecule is CCCCC(=O)c1ccc(N(c2ccccc2)c2ccc(C)cc2)cc1. The molecule has 0 aromatic heterocycles. The molecular weight excluding hydrogens is 318 g/mol. The summed E-state index contributed by atoms with van der Waals surface area (Å²) in [6.45, 7) is 4.20. The van der Waals surface area contributed by atoms with E-state index in [4.69, 9.17) is 0 Å². The van der Waals surface area contributed by atoms with Gasteiger partial charge in [0.25, 0.3) is 0 Å². The minimum Gasteiger partial charge on any atom is -0.311 e. The number of benzene rings is 3. The lowest BCUT2D eigenvalue weighted by molar-refractivity contribution is 0.0980. The van der Waals surface area contributed by atoms with E-state index in [9.17, 15) is 4.79 Å². The van der Waals surface area contributed by atoms with E-state index in [-0.39, 0.29) is 5.78 Å². The Labute approximate surface area is 156 Å². The average Bonchev–Trinajstić information content (AvgIpc) is 2.69. The van der Waals surface area contributed by atoms with E-state index in [0.29, 0.717) is 6.42 Å². The maximum atomic E-state index is 12.2. The molecular formula is C24H25NO. The van der Waals surface area contributed by atoms with Crippen molar-refractivity contribution in [1.82, 2.24) is 0 Å². The van der Waals surface area contributed by atoms with Crippen LogP contribution in [0, 0.1) is 6.92 Å². The highest BCUT2D eigenvalue weighted by atomic mass is 16.1. The zero-order valence-corrected chi connectivity index (χ0v) is 15.5. The number of unbranched alkanes of at least 4 members (excludes halogenated alkanes) is 1. The van der Waals surface area contributed by atoms with Gasteiger partial charge in [-0.3, -0.25) is 4.79 Å². The van der Waals surface area contributed by atoms with Crippen LogP contribution in [0.4, 0.5) is 17.1 Å². The van der Waals surface area contributed by atoms with Crippen molar-refractivity contribution in [2.24, 2.45) is 0 Å². The number of Topliss-reactive ketones (excluding diaryl/α,β-unsaturated/α-hetero) is 1. The lowest BCUT2D eigenvalue weighted by Gasteiger charge is -2.25. The summed E-state index contributed by atoms with van der Waals surface area (Å²) in [5.74, 6) is 0.222. The predicted octanol–water partition coefficient (Wildman–Crippen LogP) is 6.84. The molecule has 0 atom stereocenters. The van der Waals surface area contributed by atoms with Gasteiger partial charge in [-0.25, -0.2) is 0 Å². The number of para-hydroxylation sites is 1. The topological polar surface area (TPSA) is 20.3 Å². The van der Waals surface area contributed by atoms with E-state index in [0.717, 1.165) is 35.5 Å². The normalized spacial score (nSPS) is 10.5. The van der Waals surface area contributed by atoms with Crippen molar-refractivity contribution < 1.29 is 4.79 Å². The molecule has 0 radical (unpaired) electrons. The summed E-state index contributed by atoms with van der Waals surface area (Å²) in [4.78, 5) is 14.5. The van der Waals surface area contributed by atoms with Crippen LogP contribution in [0.1, 0.15) is 42.1 Å². The third-order valence-electron chi connectivity index (χ3n) is 4.51. The summed E-state index contributed by atoms with van der Waals surface area (Å²) in [5, 5.41) is 0. The van der Waals surface area contributed by atoms with Gasteiger partial charge in [0.1, 0.15) is 0 Å². The first kappa shape index (κ1) is 17.9. The Kier molecular flexibility index (Phi) is 5.85. The van der Waals surface area contributed by atoms with Crippen LogP contribution < -0.4 is 4.90 Å². The predicted molar refractivity (Wildman–Crippen MR) is 110 cm³/mol. The number of aryl methyl sites for hydroxylation is 1. The van der Waals surface area contributed by atoms with Crippen molar-refractivity contribution in [2.45, 2.75) is 33.1 Å². The Bertz CT molecular complexity index is 836. The minimum absolute atomic E-state index is 0.222. The molecule has 2 heteroatoms. The van der Waals surface area contributed by atoms with Gasteiger partial charge in [-0.15, -0.1) is 0 Å². The number of carbonyl (C=O) groups excluding carboxylic acids is 1. The Morgan fingerprint density at radius 1 is 0.769 bits per heavy atom. The number of rotatable bonds is 7. The standard InChI is InChI=1S/C24H25NO/c1-3-4-10-24(26)20-13-17-23(18-14-20)25(21-8-6-5-7-9-21)22-15-11-19(2)12-16-22/h5-9,11-18H,3-4,10H2,1-2H3. The molecule has 0 fully saturated rings. The molecule has 26 heavy (non-hydrogen) atoms. The van der Waals surface area contributed by atoms with Crippen LogP contribution in [-0.4, -0.2) is 5.78 Å². The summed E-state index contributed by atoms with van der Waals surface area (Å²) < 4.78 is 0. The number of carbonyl (C=O) groups is 1. The van der Waals surface area contributed by atoms with E-state index in [1.807, 2.05) is 42.5 Å². The van der Waals surface area contributed by atoms with Gasteiger partial charge in [0, 0.05) is 29.0 Å². The Balaban J connectivity index is 1.95. The second-order valence-corrected chi connectivity index (χ2v) is 6.58. The molecule has 132 valence electrons. The van der Waals surface area contributed by atoms with Crippen molar-refractivity contribution in [1.29, 1.82) is 0 Å². The highest BCUT2D eigenvalue weighted by molar-refractivity contribution is 5.96. The number of ketones is 1. The molecule has 0 saturated heterocycles. The van der Waals surface area contributed by atoms with Crippen LogP contribution in [0.3, 0.4) is 0 Å². The van der Waals surface area contributed by atoms with E-state index in [2.05, 4.69) is 55.1 Å². The third kappa shape index (κ3) is 4.20. The van der Waals surface area contributed by atoms with E-state index in [1.54, 1.807) is 0 Å². The van der Waals surface area contributed by atoms with Gasteiger partial charge in [-0.2, -0.15) is 0 Å². The summed E-state index contributed by atoms with van der Waals surface area (Å²) in [7, 11) is 0. The fourth-order valence-corrected chi connectivity index (χ4v) is 3.00. The largest absolute Gasteiger partial charge is 0.311 e. The van der Waals surface area contributed by atoms with Gasteiger partial charge in [-0.1, -0.05) is 49.2 Å². The summed E-state index contributed by atoms with van der Waals surface area (Å²) in [6, 6.07) is 26.7. The van der Waals surface area contributed by atoms with E-state index in [1.165, 1.54) is 5.56 Å². The quantitative estimate of drug-likeness (QED) is 0.438. The van der Waals surface area contributed by atoms with Gasteiger partial charge in [0.05, 0.1) is 0 Å². The molecule has 0 amide bonds. The fourth-order valence-electron chi connectivity index (χ4n) is 3.00. The fraction of sp³-hybridized carbons (Fsp3) is 0.208. The molecule has 3 aromatic carbocycles. The van der Waals surface area contributed by atoms with Crippen molar-refractivity contribution in [3.8, 4) is 0 Å². The zero-order chi connectivity index (χ0) is 18.4. The maximum Gasteiger partial charge on any atom is 0.162 e. The monoisotopic (exact) mass is 343 g/mol. The molecule has 3 rings (SSSR count). The molecule has 0 aliphatic heterocycles. The number of anilines is 3. The average molecular weight is 343 g/mol. The lowest BCUT2D eigenvalue weighted by atomic mass is 10.0. The molecule has 0 aliphatic carbocycles. The molecule has 0 unspecified atom stereocenters. The van der Waals surface area contributed by atoms with Crippen LogP contribution in [0.5, 0.6) is 0 Å². The molecule has 0 bridgehead atoms. The number of hydrogen-bond donors (Lipinski definition) is 0. The molecule has 2 nitrogen and oxygen atoms in total. The van der Waals surface area contributed by atoms with Gasteiger partial charge >= 0.3 is 0 Å². The summed E-state index contributed by atoms with van der Waals surface area (Å²) in [6.07, 6.45) is 2.61. The van der Waals surface area contributed by atoms with Crippen molar-refractivity contribution in [3.63, 3.8) is 0 Å². The van der Waals surface area contributed by atoms with Crippen molar-refractivity contribution in [2.75, 3.05) is 4.90 Å². The second-order valence-electron chi connectivity index (χ2n) is 6.58. The van der Waals surface area contributed by atoms with Gasteiger partial charge < -0.3 is 4.90 Å². The summed E-state index contributed by atoms with van der Waals surface area (Å²) >= 11 is 0. The Morgan fingerprint density at radius 3 is 1.88 bits per heavy atom. The van der Waals surface area contributed by atoms with Crippen LogP contribution in [-0.2, 0) is 0 Å². The number of hydrogen-bond acceptors (Lipinski definition) is 2. The van der Waals surface area contributed by atoms with Crippen LogP contribution >= 0.6 is 0 Å². The molecule has 0 aliphatic rings. The first-order chi connectivity index (χ1) is 12.7. The zero-order valence-electron chi connectivity index (χ0n) is 15.5. The highest BCUT2D eigenvalue weighted by Crippen LogP contribution is 2.34. The first-order valence-corrected chi connectivity index (χ1v) is 9.24. The lowest BCUT2D eigenvalue weighted by Crippen LogP contribution is -2.10. The van der Waals surface area contributed by atoms with Gasteiger partial charge in [-0.05, 0) is 61.9 Å². The third-order valence-corrected chi connectivity index (χ3v) is 4.51.